The number of amides is 1. The zero-order valence-electron chi connectivity index (χ0n) is 13.2. The lowest BCUT2D eigenvalue weighted by Crippen LogP contribution is -2.59. The lowest BCUT2D eigenvalue weighted by Gasteiger charge is -2.51. The topological polar surface area (TPSA) is 66.8 Å². The van der Waals surface area contributed by atoms with Gasteiger partial charge in [0.1, 0.15) is 5.60 Å². The molecule has 0 radical (unpaired) electrons. The third kappa shape index (κ3) is 2.25. The normalized spacial score (nSPS) is 23.1. The molecule has 1 heterocycles. The summed E-state index contributed by atoms with van der Waals surface area (Å²) in [5.74, 6) is -0.915. The van der Waals surface area contributed by atoms with E-state index in [1.807, 2.05) is 26.8 Å². The summed E-state index contributed by atoms with van der Waals surface area (Å²) in [6, 6.07) is 5.22. The van der Waals surface area contributed by atoms with E-state index in [1.165, 1.54) is 0 Å². The van der Waals surface area contributed by atoms with E-state index < -0.39 is 11.6 Å². The molecule has 118 valence electrons. The fourth-order valence-corrected chi connectivity index (χ4v) is 3.48. The fourth-order valence-electron chi connectivity index (χ4n) is 3.48. The van der Waals surface area contributed by atoms with E-state index in [1.54, 1.807) is 17.0 Å². The monoisotopic (exact) mass is 303 g/mol. The number of rotatable bonds is 1. The molecule has 0 unspecified atom stereocenters. The van der Waals surface area contributed by atoms with E-state index in [0.29, 0.717) is 12.1 Å². The van der Waals surface area contributed by atoms with Crippen molar-refractivity contribution in [3.63, 3.8) is 0 Å². The first-order valence-electron chi connectivity index (χ1n) is 7.60. The Kier molecular flexibility index (Phi) is 3.20. The largest absolute Gasteiger partial charge is 0.478 e. The second-order valence-electron chi connectivity index (χ2n) is 7.09. The van der Waals surface area contributed by atoms with Crippen LogP contribution in [0.15, 0.2) is 18.2 Å². The smallest absolute Gasteiger partial charge is 0.411 e. The van der Waals surface area contributed by atoms with Crippen molar-refractivity contribution < 1.29 is 19.4 Å². The maximum atomic E-state index is 12.4. The van der Waals surface area contributed by atoms with Gasteiger partial charge < -0.3 is 9.84 Å². The molecule has 1 amide bonds. The van der Waals surface area contributed by atoms with Crippen LogP contribution >= 0.6 is 0 Å². The number of hydrogen-bond acceptors (Lipinski definition) is 3. The van der Waals surface area contributed by atoms with Gasteiger partial charge in [0, 0.05) is 6.54 Å². The Labute approximate surface area is 129 Å². The Bertz CT molecular complexity index is 647. The first-order chi connectivity index (χ1) is 10.2. The van der Waals surface area contributed by atoms with Crippen LogP contribution in [0.25, 0.3) is 0 Å². The Morgan fingerprint density at radius 1 is 1.27 bits per heavy atom. The summed E-state index contributed by atoms with van der Waals surface area (Å²) in [6.45, 7) is 6.27. The highest BCUT2D eigenvalue weighted by molar-refractivity contribution is 5.88. The minimum atomic E-state index is -0.915. The van der Waals surface area contributed by atoms with Crippen LogP contribution in [0.5, 0.6) is 0 Å². The molecule has 1 aliphatic heterocycles. The Hall–Kier alpha value is -2.04. The number of hydrogen-bond donors (Lipinski definition) is 1. The third-order valence-electron chi connectivity index (χ3n) is 4.54. The number of aromatic carboxylic acids is 1. The molecule has 1 N–H and O–H groups in total. The van der Waals surface area contributed by atoms with E-state index in [9.17, 15) is 9.59 Å². The van der Waals surface area contributed by atoms with Crippen LogP contribution < -0.4 is 0 Å². The van der Waals surface area contributed by atoms with Crippen molar-refractivity contribution in [2.75, 3.05) is 6.54 Å². The summed E-state index contributed by atoms with van der Waals surface area (Å²) >= 11 is 0. The standard InChI is InChI=1S/C17H21NO4/c1-16(2,3)22-15(21)18-9-8-17(18)7-6-11-10-12(14(19)20)4-5-13(11)17/h4-5,10H,6-9H2,1-3H3,(H,19,20)/t17-/m0/s1. The molecule has 1 aromatic carbocycles. The molecule has 1 fully saturated rings. The van der Waals surface area contributed by atoms with Gasteiger partial charge in [0.25, 0.3) is 0 Å². The summed E-state index contributed by atoms with van der Waals surface area (Å²) in [4.78, 5) is 25.3. The molecule has 0 bridgehead atoms. The van der Waals surface area contributed by atoms with Crippen molar-refractivity contribution in [3.8, 4) is 0 Å². The first kappa shape index (κ1) is 14.9. The molecule has 1 atom stereocenters. The highest BCUT2D eigenvalue weighted by atomic mass is 16.6. The van der Waals surface area contributed by atoms with E-state index in [2.05, 4.69) is 0 Å². The van der Waals surface area contributed by atoms with Crippen LogP contribution in [0.4, 0.5) is 4.79 Å². The number of benzene rings is 1. The highest BCUT2D eigenvalue weighted by Gasteiger charge is 2.53. The quantitative estimate of drug-likeness (QED) is 0.865. The van der Waals surface area contributed by atoms with Crippen LogP contribution in [0.3, 0.4) is 0 Å². The van der Waals surface area contributed by atoms with Crippen LogP contribution in [-0.4, -0.2) is 34.2 Å². The first-order valence-corrected chi connectivity index (χ1v) is 7.60. The van der Waals surface area contributed by atoms with Gasteiger partial charge in [-0.3, -0.25) is 4.90 Å². The van der Waals surface area contributed by atoms with Gasteiger partial charge >= 0.3 is 12.1 Å². The van der Waals surface area contributed by atoms with E-state index in [4.69, 9.17) is 9.84 Å². The van der Waals surface area contributed by atoms with E-state index in [0.717, 1.165) is 30.4 Å². The summed E-state index contributed by atoms with van der Waals surface area (Å²) in [6.07, 6.45) is 2.26. The van der Waals surface area contributed by atoms with Gasteiger partial charge in [-0.1, -0.05) is 6.07 Å². The number of carboxylic acid groups (broad SMARTS) is 1. The zero-order valence-corrected chi connectivity index (χ0v) is 13.2. The summed E-state index contributed by atoms with van der Waals surface area (Å²) in [5.41, 5.74) is 1.61. The molecule has 5 nitrogen and oxygen atoms in total. The van der Waals surface area contributed by atoms with Crippen LogP contribution in [0.1, 0.15) is 55.1 Å². The van der Waals surface area contributed by atoms with Crippen LogP contribution in [0, 0.1) is 0 Å². The molecule has 2 aliphatic rings. The van der Waals surface area contributed by atoms with E-state index in [-0.39, 0.29) is 11.6 Å². The molecule has 1 aliphatic carbocycles. The molecule has 3 rings (SSSR count). The Balaban J connectivity index is 1.88. The SMILES string of the molecule is CC(C)(C)OC(=O)N1CC[C@]12CCc1cc(C(=O)O)ccc12. The summed E-state index contributed by atoms with van der Waals surface area (Å²) in [7, 11) is 0. The van der Waals surface area contributed by atoms with Crippen LogP contribution in [0.2, 0.25) is 0 Å². The summed E-state index contributed by atoms with van der Waals surface area (Å²) in [5, 5.41) is 9.10. The minimum absolute atomic E-state index is 0.283. The number of ether oxygens (including phenoxy) is 1. The number of carboxylic acids is 1. The van der Waals surface area contributed by atoms with Gasteiger partial charge in [0.05, 0.1) is 11.1 Å². The van der Waals surface area contributed by atoms with Gasteiger partial charge in [0.2, 0.25) is 0 Å². The van der Waals surface area contributed by atoms with Gasteiger partial charge in [-0.2, -0.15) is 0 Å². The third-order valence-corrected chi connectivity index (χ3v) is 4.54. The van der Waals surface area contributed by atoms with Gasteiger partial charge in [-0.25, -0.2) is 9.59 Å². The average Bonchev–Trinajstić information content (AvgIpc) is 2.75. The number of carbonyl (C=O) groups is 2. The summed E-state index contributed by atoms with van der Waals surface area (Å²) < 4.78 is 5.50. The van der Waals surface area contributed by atoms with Crippen LogP contribution in [-0.2, 0) is 16.7 Å². The molecule has 0 aromatic heterocycles. The van der Waals surface area contributed by atoms with Crippen molar-refractivity contribution in [1.29, 1.82) is 0 Å². The van der Waals surface area contributed by atoms with Crippen molar-refractivity contribution >= 4 is 12.1 Å². The maximum absolute atomic E-state index is 12.4. The van der Waals surface area contributed by atoms with Crippen molar-refractivity contribution in [3.05, 3.63) is 34.9 Å². The zero-order chi connectivity index (χ0) is 16.1. The van der Waals surface area contributed by atoms with Gasteiger partial charge in [-0.05, 0) is 63.3 Å². The molecule has 1 aromatic rings. The average molecular weight is 303 g/mol. The number of aryl methyl sites for hydroxylation is 1. The lowest BCUT2D eigenvalue weighted by atomic mass is 9.79. The van der Waals surface area contributed by atoms with Crippen molar-refractivity contribution in [1.82, 2.24) is 4.90 Å². The predicted molar refractivity (Wildman–Crippen MR) is 81.0 cm³/mol. The molecule has 1 spiro atoms. The Morgan fingerprint density at radius 2 is 2.00 bits per heavy atom. The van der Waals surface area contributed by atoms with Crippen molar-refractivity contribution in [2.45, 2.75) is 51.2 Å². The molecule has 1 saturated heterocycles. The number of nitrogens with zero attached hydrogens (tertiary/aromatic N) is 1. The van der Waals surface area contributed by atoms with Gasteiger partial charge in [-0.15, -0.1) is 0 Å². The lowest BCUT2D eigenvalue weighted by molar-refractivity contribution is -0.0470. The predicted octanol–water partition coefficient (Wildman–Crippen LogP) is 3.17. The molecule has 0 saturated carbocycles. The second-order valence-corrected chi connectivity index (χ2v) is 7.09. The number of carbonyl (C=O) groups excluding carboxylic acids is 1. The number of likely N-dealkylation sites (tertiary alicyclic amines) is 1. The Morgan fingerprint density at radius 3 is 2.55 bits per heavy atom. The number of fused-ring (bicyclic) bond motifs is 2. The van der Waals surface area contributed by atoms with Gasteiger partial charge in [0.15, 0.2) is 0 Å². The van der Waals surface area contributed by atoms with E-state index >= 15 is 0 Å². The minimum Gasteiger partial charge on any atom is -0.478 e. The molecule has 5 heteroatoms. The molecular weight excluding hydrogens is 282 g/mol. The second kappa shape index (κ2) is 4.73. The molecular formula is C17H21NO4. The molecule has 22 heavy (non-hydrogen) atoms. The maximum Gasteiger partial charge on any atom is 0.411 e. The fraction of sp³-hybridized carbons (Fsp3) is 0.529. The van der Waals surface area contributed by atoms with Crippen molar-refractivity contribution in [2.24, 2.45) is 0 Å². The highest BCUT2D eigenvalue weighted by Crippen LogP contribution is 2.50.